The van der Waals surface area contributed by atoms with E-state index in [1.165, 1.54) is 0 Å². The summed E-state index contributed by atoms with van der Waals surface area (Å²) in [5, 5.41) is 3.03. The van der Waals surface area contributed by atoms with Crippen molar-refractivity contribution >= 4 is 16.9 Å². The zero-order valence-corrected chi connectivity index (χ0v) is 19.8. The second-order valence-electron chi connectivity index (χ2n) is 8.26. The van der Waals surface area contributed by atoms with E-state index in [4.69, 9.17) is 14.5 Å². The minimum atomic E-state index is -0.000501. The monoisotopic (exact) mass is 457 g/mol. The average Bonchev–Trinajstić information content (AvgIpc) is 3.20. The molecule has 4 aromatic rings. The molecular formula is C28H31N3O3. The molecule has 176 valence electrons. The standard InChI is InChI=1S/C28H31N3O3/c1-21-8-3-6-11-26(21)34-19-7-18-31-25-10-5-4-9-24(25)30-27(31)16-17-29-28(32)20-22-12-14-23(33-2)15-13-22/h3-6,8-15H,7,16-20H2,1-2H3,(H,29,32). The summed E-state index contributed by atoms with van der Waals surface area (Å²) in [6, 6.07) is 23.8. The van der Waals surface area contributed by atoms with Crippen LogP contribution >= 0.6 is 0 Å². The molecule has 6 nitrogen and oxygen atoms in total. The fraction of sp³-hybridized carbons (Fsp3) is 0.286. The fourth-order valence-electron chi connectivity index (χ4n) is 3.99. The number of aromatic nitrogens is 2. The minimum Gasteiger partial charge on any atom is -0.497 e. The molecule has 0 bridgehead atoms. The Hall–Kier alpha value is -3.80. The van der Waals surface area contributed by atoms with Gasteiger partial charge in [0.05, 0.1) is 31.2 Å². The number of hydrogen-bond acceptors (Lipinski definition) is 4. The molecule has 0 aliphatic heterocycles. The highest BCUT2D eigenvalue weighted by Crippen LogP contribution is 2.19. The van der Waals surface area contributed by atoms with Crippen molar-refractivity contribution in [2.45, 2.75) is 32.7 Å². The van der Waals surface area contributed by atoms with E-state index in [1.54, 1.807) is 7.11 Å². The van der Waals surface area contributed by atoms with E-state index in [-0.39, 0.29) is 5.91 Å². The third-order valence-corrected chi connectivity index (χ3v) is 5.81. The molecule has 1 N–H and O–H groups in total. The molecule has 0 aliphatic rings. The number of methoxy groups -OCH3 is 1. The number of hydrogen-bond donors (Lipinski definition) is 1. The number of nitrogens with one attached hydrogen (secondary N) is 1. The van der Waals surface area contributed by atoms with Crippen molar-refractivity contribution in [2.24, 2.45) is 0 Å². The number of carbonyl (C=O) groups excluding carboxylic acids is 1. The number of benzene rings is 3. The zero-order chi connectivity index (χ0) is 23.8. The first kappa shape index (κ1) is 23.4. The molecule has 0 unspecified atom stereocenters. The minimum absolute atomic E-state index is 0.000501. The van der Waals surface area contributed by atoms with Gasteiger partial charge in [-0.2, -0.15) is 0 Å². The molecule has 0 saturated heterocycles. The molecule has 0 radical (unpaired) electrons. The summed E-state index contributed by atoms with van der Waals surface area (Å²) < 4.78 is 13.4. The smallest absolute Gasteiger partial charge is 0.224 e. The molecule has 0 spiro atoms. The molecule has 0 atom stereocenters. The van der Waals surface area contributed by atoms with E-state index in [1.807, 2.05) is 60.7 Å². The van der Waals surface area contributed by atoms with Gasteiger partial charge in [-0.05, 0) is 54.8 Å². The van der Waals surface area contributed by atoms with Crippen LogP contribution in [0, 0.1) is 6.92 Å². The number of imidazole rings is 1. The molecule has 4 rings (SSSR count). The lowest BCUT2D eigenvalue weighted by Gasteiger charge is -2.12. The van der Waals surface area contributed by atoms with Gasteiger partial charge in [0, 0.05) is 19.5 Å². The van der Waals surface area contributed by atoms with Crippen molar-refractivity contribution in [3.05, 3.63) is 89.7 Å². The quantitative estimate of drug-likeness (QED) is 0.331. The Kier molecular flexibility index (Phi) is 7.81. The van der Waals surface area contributed by atoms with Crippen molar-refractivity contribution < 1.29 is 14.3 Å². The second-order valence-corrected chi connectivity index (χ2v) is 8.26. The molecule has 1 aromatic heterocycles. The van der Waals surface area contributed by atoms with Gasteiger partial charge < -0.3 is 19.4 Å². The summed E-state index contributed by atoms with van der Waals surface area (Å²) in [4.78, 5) is 17.2. The Morgan fingerprint density at radius 2 is 1.76 bits per heavy atom. The number of aryl methyl sites for hydroxylation is 2. The van der Waals surface area contributed by atoms with E-state index in [2.05, 4.69) is 28.9 Å². The van der Waals surface area contributed by atoms with Crippen LogP contribution in [0.15, 0.2) is 72.8 Å². The molecule has 0 saturated carbocycles. The largest absolute Gasteiger partial charge is 0.497 e. The predicted octanol–water partition coefficient (Wildman–Crippen LogP) is 4.72. The van der Waals surface area contributed by atoms with E-state index in [0.29, 0.717) is 26.0 Å². The van der Waals surface area contributed by atoms with Crippen LogP contribution in [0.4, 0.5) is 0 Å². The maximum absolute atomic E-state index is 12.4. The highest BCUT2D eigenvalue weighted by atomic mass is 16.5. The van der Waals surface area contributed by atoms with Crippen molar-refractivity contribution in [1.29, 1.82) is 0 Å². The number of amides is 1. The molecule has 0 aliphatic carbocycles. The lowest BCUT2D eigenvalue weighted by Crippen LogP contribution is -2.28. The van der Waals surface area contributed by atoms with Gasteiger partial charge in [-0.3, -0.25) is 4.79 Å². The molecule has 6 heteroatoms. The Morgan fingerprint density at radius 3 is 2.56 bits per heavy atom. The van der Waals surface area contributed by atoms with Crippen LogP contribution in [0.2, 0.25) is 0 Å². The second kappa shape index (κ2) is 11.4. The number of nitrogens with zero attached hydrogens (tertiary/aromatic N) is 2. The number of carbonyl (C=O) groups is 1. The van der Waals surface area contributed by atoms with Crippen LogP contribution in [0.1, 0.15) is 23.4 Å². The molecule has 0 fully saturated rings. The summed E-state index contributed by atoms with van der Waals surface area (Å²) in [7, 11) is 1.63. The van der Waals surface area contributed by atoms with Gasteiger partial charge in [0.1, 0.15) is 17.3 Å². The van der Waals surface area contributed by atoms with E-state index >= 15 is 0 Å². The Morgan fingerprint density at radius 1 is 1.00 bits per heavy atom. The van der Waals surface area contributed by atoms with Crippen LogP contribution in [0.5, 0.6) is 11.5 Å². The van der Waals surface area contributed by atoms with Gasteiger partial charge in [-0.1, -0.05) is 42.5 Å². The van der Waals surface area contributed by atoms with Gasteiger partial charge in [-0.15, -0.1) is 0 Å². The third kappa shape index (κ3) is 5.95. The summed E-state index contributed by atoms with van der Waals surface area (Å²) in [5.74, 6) is 2.69. The molecule has 34 heavy (non-hydrogen) atoms. The van der Waals surface area contributed by atoms with Gasteiger partial charge in [0.2, 0.25) is 5.91 Å². The first-order chi connectivity index (χ1) is 16.6. The summed E-state index contributed by atoms with van der Waals surface area (Å²) >= 11 is 0. The average molecular weight is 458 g/mol. The number of para-hydroxylation sites is 3. The summed E-state index contributed by atoms with van der Waals surface area (Å²) in [6.45, 7) is 4.04. The predicted molar refractivity (Wildman–Crippen MR) is 134 cm³/mol. The van der Waals surface area contributed by atoms with Gasteiger partial charge >= 0.3 is 0 Å². The van der Waals surface area contributed by atoms with Crippen LogP contribution < -0.4 is 14.8 Å². The van der Waals surface area contributed by atoms with Gasteiger partial charge in [0.25, 0.3) is 0 Å². The van der Waals surface area contributed by atoms with E-state index < -0.39 is 0 Å². The van der Waals surface area contributed by atoms with Crippen molar-refractivity contribution in [1.82, 2.24) is 14.9 Å². The maximum Gasteiger partial charge on any atom is 0.224 e. The number of ether oxygens (including phenoxy) is 2. The SMILES string of the molecule is COc1ccc(CC(=O)NCCc2nc3ccccc3n2CCCOc2ccccc2C)cc1. The first-order valence-corrected chi connectivity index (χ1v) is 11.7. The summed E-state index contributed by atoms with van der Waals surface area (Å²) in [5.41, 5.74) is 4.18. The molecule has 1 amide bonds. The Balaban J connectivity index is 1.33. The van der Waals surface area contributed by atoms with Crippen molar-refractivity contribution in [2.75, 3.05) is 20.3 Å². The van der Waals surface area contributed by atoms with E-state index in [0.717, 1.165) is 52.4 Å². The lowest BCUT2D eigenvalue weighted by atomic mass is 10.1. The van der Waals surface area contributed by atoms with Crippen LogP contribution in [-0.4, -0.2) is 35.7 Å². The Bertz CT molecular complexity index is 1230. The van der Waals surface area contributed by atoms with Crippen LogP contribution in [-0.2, 0) is 24.2 Å². The molecule has 1 heterocycles. The van der Waals surface area contributed by atoms with Crippen LogP contribution in [0.3, 0.4) is 0 Å². The number of fused-ring (bicyclic) bond motifs is 1. The number of rotatable bonds is 11. The van der Waals surface area contributed by atoms with E-state index in [9.17, 15) is 4.79 Å². The normalized spacial score (nSPS) is 10.9. The van der Waals surface area contributed by atoms with Crippen molar-refractivity contribution in [3.63, 3.8) is 0 Å². The third-order valence-electron chi connectivity index (χ3n) is 5.81. The molecular weight excluding hydrogens is 426 g/mol. The van der Waals surface area contributed by atoms with Gasteiger partial charge in [-0.25, -0.2) is 4.98 Å². The highest BCUT2D eigenvalue weighted by molar-refractivity contribution is 5.78. The first-order valence-electron chi connectivity index (χ1n) is 11.7. The van der Waals surface area contributed by atoms with Gasteiger partial charge in [0.15, 0.2) is 0 Å². The lowest BCUT2D eigenvalue weighted by molar-refractivity contribution is -0.120. The highest BCUT2D eigenvalue weighted by Gasteiger charge is 2.11. The fourth-order valence-corrected chi connectivity index (χ4v) is 3.99. The van der Waals surface area contributed by atoms with Crippen molar-refractivity contribution in [3.8, 4) is 11.5 Å². The topological polar surface area (TPSA) is 65.4 Å². The Labute approximate surface area is 200 Å². The summed E-state index contributed by atoms with van der Waals surface area (Å²) in [6.07, 6.45) is 1.88. The van der Waals surface area contributed by atoms with Crippen LogP contribution in [0.25, 0.3) is 11.0 Å². The molecule has 3 aromatic carbocycles. The maximum atomic E-state index is 12.4. The zero-order valence-electron chi connectivity index (χ0n) is 19.8.